The Balaban J connectivity index is -0.000000102. The summed E-state index contributed by atoms with van der Waals surface area (Å²) in [5, 5.41) is 120. The molecule has 19 nitrogen and oxygen atoms in total. The van der Waals surface area contributed by atoms with E-state index < -0.39 is 104 Å². The van der Waals surface area contributed by atoms with Gasteiger partial charge in [0.15, 0.2) is 0 Å². The number of carboxylic acids is 6. The van der Waals surface area contributed by atoms with Crippen molar-refractivity contribution in [2.75, 3.05) is 13.2 Å². The van der Waals surface area contributed by atoms with Crippen molar-refractivity contribution in [3.05, 3.63) is 0 Å². The van der Waals surface area contributed by atoms with E-state index in [4.69, 9.17) is 35.7 Å². The van der Waals surface area contributed by atoms with E-state index in [9.17, 15) is 59.4 Å². The SMILES string of the molecule is O=C([O-])CC(O)(CC(=O)[O-])C(=O)[O-].O=C([O-])CC(O)(CC(=O)[O-])C(=O)[O-].OC[C@@H](O)[C@H](O)[C@@H](O)CO.[Zn+2].[Zn+2].[Zn+2]. The number of hydrogen-bond donors (Lipinski definition) is 7. The molecule has 0 amide bonds. The summed E-state index contributed by atoms with van der Waals surface area (Å²) >= 11 is 0. The molecule has 210 valence electrons. The molecule has 0 aromatic rings. The van der Waals surface area contributed by atoms with Gasteiger partial charge < -0.3 is 95.2 Å². The van der Waals surface area contributed by atoms with Crippen molar-refractivity contribution in [3.63, 3.8) is 0 Å². The van der Waals surface area contributed by atoms with Gasteiger partial charge in [-0.25, -0.2) is 0 Å². The summed E-state index contributed by atoms with van der Waals surface area (Å²) in [7, 11) is 0. The fourth-order valence-corrected chi connectivity index (χ4v) is 1.84. The van der Waals surface area contributed by atoms with Crippen LogP contribution in [0, 0.1) is 0 Å². The van der Waals surface area contributed by atoms with Crippen molar-refractivity contribution >= 4 is 35.8 Å². The Labute approximate surface area is 257 Å². The van der Waals surface area contributed by atoms with Crippen molar-refractivity contribution in [3.8, 4) is 0 Å². The van der Waals surface area contributed by atoms with Crippen molar-refractivity contribution in [1.82, 2.24) is 0 Å². The maximum absolute atomic E-state index is 10.1. The van der Waals surface area contributed by atoms with Crippen molar-refractivity contribution < 1.29 is 154 Å². The molecule has 3 atom stereocenters. The Morgan fingerprint density at radius 1 is 0.513 bits per heavy atom. The molecule has 0 saturated heterocycles. The molecule has 0 heterocycles. The molecule has 0 aromatic carbocycles. The molecule has 0 bridgehead atoms. The first-order valence-corrected chi connectivity index (χ1v) is 9.12. The molecule has 39 heavy (non-hydrogen) atoms. The number of hydrogen-bond acceptors (Lipinski definition) is 19. The van der Waals surface area contributed by atoms with Gasteiger partial charge in [0.1, 0.15) is 29.5 Å². The average molecular weight is 727 g/mol. The van der Waals surface area contributed by atoms with Crippen LogP contribution in [0.2, 0.25) is 0 Å². The summed E-state index contributed by atoms with van der Waals surface area (Å²) in [4.78, 5) is 60.0. The molecule has 22 heteroatoms. The number of rotatable bonds is 14. The second-order valence-corrected chi connectivity index (χ2v) is 6.82. The van der Waals surface area contributed by atoms with Gasteiger partial charge in [-0.05, 0) is 0 Å². The summed E-state index contributed by atoms with van der Waals surface area (Å²) in [6.07, 6.45) is -9.72. The first-order chi connectivity index (χ1) is 16.2. The summed E-state index contributed by atoms with van der Waals surface area (Å²) in [5.74, 6) is -12.0. The zero-order chi connectivity index (χ0) is 29.4. The standard InChI is InChI=1S/2C6H8O7.C5H12O5.3Zn/c2*7-3(8)1-6(13,5(11)12)2-4(9)10;6-1-3(8)5(10)4(9)2-7;;;/h2*13H,1-2H2,(H,7,8)(H,9,10)(H,11,12);3-10H,1-2H2;;;/q;;;3*+2/p-6/t;;3-,4+,5+;;;. The number of carbonyl (C=O) groups is 6. The van der Waals surface area contributed by atoms with Crippen molar-refractivity contribution in [1.29, 1.82) is 0 Å². The molecule has 0 aromatic heterocycles. The van der Waals surface area contributed by atoms with Gasteiger partial charge in [0, 0.05) is 49.6 Å². The Hall–Kier alpha value is -1.59. The topological polar surface area (TPSA) is 382 Å². The normalized spacial score (nSPS) is 12.4. The van der Waals surface area contributed by atoms with Gasteiger partial charge in [0.2, 0.25) is 0 Å². The van der Waals surface area contributed by atoms with Crippen molar-refractivity contribution in [2.24, 2.45) is 0 Å². The van der Waals surface area contributed by atoms with Gasteiger partial charge in [-0.15, -0.1) is 0 Å². The molecule has 7 N–H and O–H groups in total. The molecule has 0 aliphatic rings. The first kappa shape index (κ1) is 50.3. The van der Waals surface area contributed by atoms with Crippen LogP contribution in [0.3, 0.4) is 0 Å². The summed E-state index contributed by atoms with van der Waals surface area (Å²) in [5.41, 5.74) is -5.95. The second-order valence-electron chi connectivity index (χ2n) is 6.82. The number of aliphatic hydroxyl groups is 7. The van der Waals surface area contributed by atoms with E-state index in [-0.39, 0.29) is 58.4 Å². The molecule has 0 fully saturated rings. The zero-order valence-electron chi connectivity index (χ0n) is 20.1. The fourth-order valence-electron chi connectivity index (χ4n) is 1.84. The van der Waals surface area contributed by atoms with Crippen LogP contribution in [-0.4, -0.2) is 114 Å². The Kier molecular flexibility index (Phi) is 31.2. The van der Waals surface area contributed by atoms with Gasteiger partial charge >= 0.3 is 58.4 Å². The summed E-state index contributed by atoms with van der Waals surface area (Å²) in [6.45, 7) is -1.28. The molecule has 0 aliphatic carbocycles. The van der Waals surface area contributed by atoms with Crippen LogP contribution < -0.4 is 30.6 Å². The maximum Gasteiger partial charge on any atom is 2.00 e. The smallest absolute Gasteiger partial charge is 0.550 e. The minimum Gasteiger partial charge on any atom is -0.550 e. The predicted octanol–water partition coefficient (Wildman–Crippen LogP) is -13.5. The maximum atomic E-state index is 10.1. The molecule has 0 unspecified atom stereocenters. The number of carbonyl (C=O) groups excluding carboxylic acids is 6. The second kappa shape index (κ2) is 24.2. The van der Waals surface area contributed by atoms with Gasteiger partial charge in [0.05, 0.1) is 25.2 Å². The molecular weight excluding hydrogens is 704 g/mol. The van der Waals surface area contributed by atoms with Gasteiger partial charge in [-0.1, -0.05) is 0 Å². The minimum atomic E-state index is -2.97. The van der Waals surface area contributed by atoms with Gasteiger partial charge in [-0.3, -0.25) is 0 Å². The molecule has 0 spiro atoms. The molecule has 0 rings (SSSR count). The van der Waals surface area contributed by atoms with E-state index in [1.165, 1.54) is 0 Å². The Morgan fingerprint density at radius 2 is 0.692 bits per heavy atom. The number of aliphatic carboxylic acids is 6. The average Bonchev–Trinajstić information content (AvgIpc) is 2.70. The van der Waals surface area contributed by atoms with Crippen LogP contribution >= 0.6 is 0 Å². The van der Waals surface area contributed by atoms with E-state index in [0.717, 1.165) is 0 Å². The molecular formula is C17H22O19Zn3. The van der Waals surface area contributed by atoms with Crippen LogP contribution in [0.15, 0.2) is 0 Å². The predicted molar refractivity (Wildman–Crippen MR) is 90.6 cm³/mol. The number of carboxylic acid groups (broad SMARTS) is 6. The van der Waals surface area contributed by atoms with E-state index in [1.807, 2.05) is 0 Å². The van der Waals surface area contributed by atoms with Gasteiger partial charge in [-0.2, -0.15) is 0 Å². The molecule has 0 radical (unpaired) electrons. The minimum absolute atomic E-state index is 0. The fraction of sp³-hybridized carbons (Fsp3) is 0.647. The summed E-state index contributed by atoms with van der Waals surface area (Å²) < 4.78 is 0. The van der Waals surface area contributed by atoms with E-state index in [2.05, 4.69) is 0 Å². The third kappa shape index (κ3) is 24.0. The Bertz CT molecular complexity index is 682. The van der Waals surface area contributed by atoms with Gasteiger partial charge in [0.25, 0.3) is 0 Å². The van der Waals surface area contributed by atoms with Crippen LogP contribution in [-0.2, 0) is 87.2 Å². The van der Waals surface area contributed by atoms with Crippen LogP contribution in [0.5, 0.6) is 0 Å². The monoisotopic (exact) mass is 722 g/mol. The van der Waals surface area contributed by atoms with Crippen LogP contribution in [0.4, 0.5) is 0 Å². The number of aliphatic hydroxyl groups excluding tert-OH is 5. The van der Waals surface area contributed by atoms with E-state index in [1.54, 1.807) is 0 Å². The van der Waals surface area contributed by atoms with E-state index in [0.29, 0.717) is 0 Å². The summed E-state index contributed by atoms with van der Waals surface area (Å²) in [6, 6.07) is 0. The quantitative estimate of drug-likeness (QED) is 0.0817. The largest absolute Gasteiger partial charge is 2.00 e. The molecule has 0 aliphatic heterocycles. The third-order valence-corrected chi connectivity index (χ3v) is 3.67. The third-order valence-electron chi connectivity index (χ3n) is 3.67. The zero-order valence-corrected chi connectivity index (χ0v) is 29.0. The molecule has 0 saturated carbocycles. The van der Waals surface area contributed by atoms with Crippen molar-refractivity contribution in [2.45, 2.75) is 55.2 Å². The Morgan fingerprint density at radius 3 is 0.795 bits per heavy atom. The van der Waals surface area contributed by atoms with Crippen LogP contribution in [0.1, 0.15) is 25.7 Å². The van der Waals surface area contributed by atoms with E-state index >= 15 is 0 Å². The van der Waals surface area contributed by atoms with Crippen LogP contribution in [0.25, 0.3) is 0 Å². The first-order valence-electron chi connectivity index (χ1n) is 9.12.